The van der Waals surface area contributed by atoms with Gasteiger partial charge in [-0.1, -0.05) is 108 Å². The molecule has 6 heteroatoms. The number of amides is 1. The second kappa shape index (κ2) is 21.0. The van der Waals surface area contributed by atoms with Crippen LogP contribution in [0, 0.1) is 0 Å². The third-order valence-corrected chi connectivity index (χ3v) is 5.64. The highest BCUT2D eigenvalue weighted by Gasteiger charge is 2.00. The standard InChI is InChI=1S/C22H43N3OS2/c1-2-3-4-11-14-17-20(26)24-18-15-12-9-7-5-6-8-10-13-16-19-25-22(28)21(23)27/h2-19H2,1H3,(H2,23,27)(H,24,26)(H,25,28). The molecule has 0 unspecified atom stereocenters. The number of nitrogens with one attached hydrogen (secondary N) is 2. The molecule has 0 saturated heterocycles. The van der Waals surface area contributed by atoms with Crippen molar-refractivity contribution in [1.82, 2.24) is 10.6 Å². The lowest BCUT2D eigenvalue weighted by atomic mass is 10.1. The van der Waals surface area contributed by atoms with Crippen LogP contribution in [-0.4, -0.2) is 29.0 Å². The Balaban J connectivity index is 3.18. The zero-order chi connectivity index (χ0) is 20.9. The SMILES string of the molecule is CCCCCCCC(=O)NCCCCCCCCCCCCNC(=S)C(N)=S. The van der Waals surface area contributed by atoms with Gasteiger partial charge in [0.05, 0.1) is 0 Å². The van der Waals surface area contributed by atoms with E-state index in [1.165, 1.54) is 77.0 Å². The van der Waals surface area contributed by atoms with Crippen LogP contribution in [0.2, 0.25) is 0 Å². The first kappa shape index (κ1) is 27.2. The van der Waals surface area contributed by atoms with Gasteiger partial charge < -0.3 is 16.4 Å². The van der Waals surface area contributed by atoms with Crippen LogP contribution in [0.1, 0.15) is 110 Å². The zero-order valence-corrected chi connectivity index (χ0v) is 19.7. The molecule has 4 nitrogen and oxygen atoms in total. The average molecular weight is 430 g/mol. The van der Waals surface area contributed by atoms with E-state index in [2.05, 4.69) is 17.6 Å². The Hall–Kier alpha value is -0.750. The molecule has 0 aromatic heterocycles. The van der Waals surface area contributed by atoms with Gasteiger partial charge in [-0.3, -0.25) is 4.79 Å². The quantitative estimate of drug-likeness (QED) is 0.185. The molecule has 0 bridgehead atoms. The molecule has 0 fully saturated rings. The molecule has 0 aromatic rings. The largest absolute Gasteiger partial charge is 0.388 e. The van der Waals surface area contributed by atoms with Crippen molar-refractivity contribution >= 4 is 40.3 Å². The summed E-state index contributed by atoms with van der Waals surface area (Å²) in [6.45, 7) is 3.93. The molecule has 1 amide bonds. The van der Waals surface area contributed by atoms with E-state index in [-0.39, 0.29) is 10.9 Å². The maximum Gasteiger partial charge on any atom is 0.219 e. The van der Waals surface area contributed by atoms with Crippen LogP contribution in [-0.2, 0) is 4.79 Å². The highest BCUT2D eigenvalue weighted by molar-refractivity contribution is 7.89. The van der Waals surface area contributed by atoms with E-state index >= 15 is 0 Å². The second-order valence-corrected chi connectivity index (χ2v) is 8.52. The van der Waals surface area contributed by atoms with Crippen LogP contribution in [0.4, 0.5) is 0 Å². The second-order valence-electron chi connectivity index (χ2n) is 7.67. The van der Waals surface area contributed by atoms with Crippen LogP contribution < -0.4 is 16.4 Å². The summed E-state index contributed by atoms with van der Waals surface area (Å²) in [6.07, 6.45) is 19.3. The Kier molecular flexibility index (Phi) is 20.4. The molecule has 0 saturated carbocycles. The number of rotatable bonds is 19. The molecular formula is C22H43N3OS2. The summed E-state index contributed by atoms with van der Waals surface area (Å²) >= 11 is 9.81. The minimum Gasteiger partial charge on any atom is -0.388 e. The Morgan fingerprint density at radius 1 is 0.679 bits per heavy atom. The van der Waals surface area contributed by atoms with E-state index in [9.17, 15) is 4.79 Å². The lowest BCUT2D eigenvalue weighted by Crippen LogP contribution is -2.33. The maximum absolute atomic E-state index is 11.7. The van der Waals surface area contributed by atoms with Gasteiger partial charge in [-0.15, -0.1) is 0 Å². The fraction of sp³-hybridized carbons (Fsp3) is 0.864. The van der Waals surface area contributed by atoms with Crippen molar-refractivity contribution in [3.63, 3.8) is 0 Å². The number of thiocarbonyl (C=S) groups is 2. The smallest absolute Gasteiger partial charge is 0.219 e. The van der Waals surface area contributed by atoms with E-state index in [0.29, 0.717) is 11.4 Å². The monoisotopic (exact) mass is 429 g/mol. The summed E-state index contributed by atoms with van der Waals surface area (Å²) in [6, 6.07) is 0. The van der Waals surface area contributed by atoms with Crippen LogP contribution in [0.3, 0.4) is 0 Å². The van der Waals surface area contributed by atoms with E-state index in [1.807, 2.05) is 0 Å². The first-order valence-electron chi connectivity index (χ1n) is 11.4. The molecular weight excluding hydrogens is 386 g/mol. The summed E-state index contributed by atoms with van der Waals surface area (Å²) < 4.78 is 0. The van der Waals surface area contributed by atoms with Crippen molar-refractivity contribution in [3.05, 3.63) is 0 Å². The molecule has 0 aliphatic carbocycles. The van der Waals surface area contributed by atoms with Gasteiger partial charge >= 0.3 is 0 Å². The van der Waals surface area contributed by atoms with Crippen molar-refractivity contribution in [1.29, 1.82) is 0 Å². The third kappa shape index (κ3) is 20.0. The molecule has 28 heavy (non-hydrogen) atoms. The van der Waals surface area contributed by atoms with Gasteiger partial charge in [-0.2, -0.15) is 0 Å². The van der Waals surface area contributed by atoms with Gasteiger partial charge in [0.2, 0.25) is 5.91 Å². The van der Waals surface area contributed by atoms with Crippen LogP contribution >= 0.6 is 24.4 Å². The minimum atomic E-state index is 0.235. The average Bonchev–Trinajstić information content (AvgIpc) is 2.67. The van der Waals surface area contributed by atoms with E-state index in [4.69, 9.17) is 30.2 Å². The van der Waals surface area contributed by atoms with Crippen LogP contribution in [0.5, 0.6) is 0 Å². The normalized spacial score (nSPS) is 10.6. The third-order valence-electron chi connectivity index (χ3n) is 4.94. The van der Waals surface area contributed by atoms with Gasteiger partial charge in [-0.25, -0.2) is 0 Å². The molecule has 0 aliphatic rings. The fourth-order valence-corrected chi connectivity index (χ4v) is 3.33. The van der Waals surface area contributed by atoms with Gasteiger partial charge in [0, 0.05) is 19.5 Å². The maximum atomic E-state index is 11.7. The van der Waals surface area contributed by atoms with Crippen molar-refractivity contribution in [2.24, 2.45) is 5.73 Å². The van der Waals surface area contributed by atoms with Crippen LogP contribution in [0.15, 0.2) is 0 Å². The molecule has 0 radical (unpaired) electrons. The fourth-order valence-electron chi connectivity index (χ4n) is 3.16. The summed E-state index contributed by atoms with van der Waals surface area (Å²) in [7, 11) is 0. The van der Waals surface area contributed by atoms with E-state index < -0.39 is 0 Å². The summed E-state index contributed by atoms with van der Waals surface area (Å²) in [5.41, 5.74) is 5.44. The summed E-state index contributed by atoms with van der Waals surface area (Å²) in [5, 5.41) is 6.14. The van der Waals surface area contributed by atoms with Gasteiger partial charge in [0.15, 0.2) is 0 Å². The predicted octanol–water partition coefficient (Wildman–Crippen LogP) is 5.57. The number of carbonyl (C=O) groups excluding carboxylic acids is 1. The van der Waals surface area contributed by atoms with Gasteiger partial charge in [-0.05, 0) is 19.3 Å². The molecule has 0 aliphatic heterocycles. The predicted molar refractivity (Wildman–Crippen MR) is 130 cm³/mol. The number of carbonyl (C=O) groups is 1. The first-order chi connectivity index (χ1) is 13.6. The van der Waals surface area contributed by atoms with Crippen LogP contribution in [0.25, 0.3) is 0 Å². The number of hydrogen-bond acceptors (Lipinski definition) is 3. The van der Waals surface area contributed by atoms with Crippen molar-refractivity contribution in [2.75, 3.05) is 13.1 Å². The topological polar surface area (TPSA) is 67.2 Å². The van der Waals surface area contributed by atoms with E-state index in [1.54, 1.807) is 0 Å². The van der Waals surface area contributed by atoms with Crippen molar-refractivity contribution < 1.29 is 4.79 Å². The first-order valence-corrected chi connectivity index (χ1v) is 12.2. The molecule has 0 spiro atoms. The lowest BCUT2D eigenvalue weighted by molar-refractivity contribution is -0.121. The highest BCUT2D eigenvalue weighted by atomic mass is 32.1. The Morgan fingerprint density at radius 2 is 1.11 bits per heavy atom. The Bertz CT molecular complexity index is 417. The molecule has 164 valence electrons. The minimum absolute atomic E-state index is 0.235. The lowest BCUT2D eigenvalue weighted by Gasteiger charge is -2.06. The number of hydrogen-bond donors (Lipinski definition) is 3. The number of nitrogens with two attached hydrogens (primary N) is 1. The molecule has 0 atom stereocenters. The van der Waals surface area contributed by atoms with Gasteiger partial charge in [0.25, 0.3) is 0 Å². The van der Waals surface area contributed by atoms with Crippen molar-refractivity contribution in [2.45, 2.75) is 110 Å². The van der Waals surface area contributed by atoms with Crippen molar-refractivity contribution in [3.8, 4) is 0 Å². The zero-order valence-electron chi connectivity index (χ0n) is 18.0. The molecule has 4 N–H and O–H groups in total. The summed E-state index contributed by atoms with van der Waals surface area (Å²) in [4.78, 5) is 12.5. The number of unbranched alkanes of at least 4 members (excludes halogenated alkanes) is 13. The van der Waals surface area contributed by atoms with Gasteiger partial charge in [0.1, 0.15) is 9.98 Å². The molecule has 0 heterocycles. The highest BCUT2D eigenvalue weighted by Crippen LogP contribution is 2.10. The molecule has 0 rings (SSSR count). The molecule has 0 aromatic carbocycles. The Labute approximate surface area is 184 Å². The Morgan fingerprint density at radius 3 is 1.61 bits per heavy atom. The van der Waals surface area contributed by atoms with E-state index in [0.717, 1.165) is 32.4 Å². The summed E-state index contributed by atoms with van der Waals surface area (Å²) in [5.74, 6) is 0.235.